The second-order valence-corrected chi connectivity index (χ2v) is 6.64. The average molecular weight is 376 g/mol. The molecule has 2 aromatic rings. The molecule has 0 fully saturated rings. The Labute approximate surface area is 151 Å². The number of hydrogen-bond donors (Lipinski definition) is 1. The van der Waals surface area contributed by atoms with E-state index in [0.717, 1.165) is 12.1 Å². The number of rotatable bonds is 7. The van der Waals surface area contributed by atoms with E-state index in [1.54, 1.807) is 18.2 Å². The minimum absolute atomic E-state index is 0.0691. The van der Waals surface area contributed by atoms with Crippen molar-refractivity contribution in [2.45, 2.75) is 4.90 Å². The molecule has 0 spiro atoms. The van der Waals surface area contributed by atoms with Crippen LogP contribution in [0.1, 0.15) is 0 Å². The number of hydrogen-bond acceptors (Lipinski definition) is 6. The number of benzene rings is 2. The normalized spacial score (nSPS) is 10.5. The van der Waals surface area contributed by atoms with E-state index in [4.69, 9.17) is 9.47 Å². The zero-order valence-corrected chi connectivity index (χ0v) is 14.7. The van der Waals surface area contributed by atoms with Gasteiger partial charge in [0.05, 0.1) is 23.5 Å². The van der Waals surface area contributed by atoms with Crippen molar-refractivity contribution in [3.63, 3.8) is 0 Å². The summed E-state index contributed by atoms with van der Waals surface area (Å²) in [5.41, 5.74) is -0.183. The van der Waals surface area contributed by atoms with Crippen LogP contribution >= 0.6 is 0 Å². The van der Waals surface area contributed by atoms with Crippen LogP contribution in [0.15, 0.2) is 53.4 Å². The van der Waals surface area contributed by atoms with Gasteiger partial charge in [-0.15, -0.1) is 0 Å². The molecule has 0 heterocycles. The van der Waals surface area contributed by atoms with E-state index >= 15 is 0 Å². The second kappa shape index (κ2) is 8.84. The molecule has 0 bridgehead atoms. The molecule has 1 N–H and O–H groups in total. The van der Waals surface area contributed by atoms with Crippen LogP contribution in [0, 0.1) is 22.0 Å². The molecule has 2 rings (SSSR count). The van der Waals surface area contributed by atoms with Gasteiger partial charge in [-0.05, 0) is 24.3 Å². The molecule has 0 aliphatic carbocycles. The quantitative estimate of drug-likeness (QED) is 0.450. The minimum atomic E-state index is -3.79. The molecule has 2 aromatic carbocycles. The number of nitrogens with zero attached hydrogens (tertiary/aromatic N) is 1. The third-order valence-electron chi connectivity index (χ3n) is 3.20. The van der Waals surface area contributed by atoms with Crippen LogP contribution in [-0.4, -0.2) is 33.6 Å². The Kier molecular flexibility index (Phi) is 6.54. The fourth-order valence-electron chi connectivity index (χ4n) is 1.93. The minimum Gasteiger partial charge on any atom is -0.493 e. The van der Waals surface area contributed by atoms with Crippen LogP contribution in [-0.2, 0) is 10.0 Å². The van der Waals surface area contributed by atoms with Crippen molar-refractivity contribution in [1.82, 2.24) is 4.72 Å². The predicted molar refractivity (Wildman–Crippen MR) is 94.5 cm³/mol. The topological polar surface area (TPSA) is 108 Å². The number of nitrogens with one attached hydrogen (secondary N) is 1. The van der Waals surface area contributed by atoms with Gasteiger partial charge in [0.2, 0.25) is 10.0 Å². The molecule has 0 saturated heterocycles. The molecule has 0 atom stereocenters. The maximum atomic E-state index is 12.1. The summed E-state index contributed by atoms with van der Waals surface area (Å²) in [4.78, 5) is 9.91. The summed E-state index contributed by atoms with van der Waals surface area (Å²) < 4.78 is 37.0. The summed E-state index contributed by atoms with van der Waals surface area (Å²) in [5.74, 6) is 6.44. The lowest BCUT2D eigenvalue weighted by molar-refractivity contribution is -0.384. The first-order valence-corrected chi connectivity index (χ1v) is 8.88. The first-order valence-electron chi connectivity index (χ1n) is 7.39. The van der Waals surface area contributed by atoms with Gasteiger partial charge in [-0.25, -0.2) is 8.42 Å². The Morgan fingerprint density at radius 3 is 2.35 bits per heavy atom. The lowest BCUT2D eigenvalue weighted by Gasteiger charge is -2.07. The zero-order valence-electron chi connectivity index (χ0n) is 13.8. The Bertz CT molecular complexity index is 930. The highest BCUT2D eigenvalue weighted by Crippen LogP contribution is 2.25. The fourth-order valence-corrected chi connectivity index (χ4v) is 2.85. The van der Waals surface area contributed by atoms with Crippen molar-refractivity contribution in [2.75, 3.05) is 20.3 Å². The summed E-state index contributed by atoms with van der Waals surface area (Å²) >= 11 is 0. The molecule has 0 radical (unpaired) electrons. The van der Waals surface area contributed by atoms with Crippen LogP contribution in [0.2, 0.25) is 0 Å². The van der Waals surface area contributed by atoms with Crippen LogP contribution in [0.25, 0.3) is 0 Å². The average Bonchev–Trinajstić information content (AvgIpc) is 2.65. The Balaban J connectivity index is 1.87. The first kappa shape index (κ1) is 19.2. The van der Waals surface area contributed by atoms with Crippen molar-refractivity contribution in [3.05, 3.63) is 58.6 Å². The third kappa shape index (κ3) is 5.20. The maximum absolute atomic E-state index is 12.1. The zero-order chi connectivity index (χ0) is 19.0. The van der Waals surface area contributed by atoms with Crippen molar-refractivity contribution in [1.29, 1.82) is 0 Å². The molecular formula is C17H16N2O6S. The number of sulfonamides is 1. The molecule has 0 aliphatic rings. The SMILES string of the molecule is COc1ccccc1OCC#CCNS(=O)(=O)c1ccc([N+](=O)[O-])cc1. The van der Waals surface area contributed by atoms with Gasteiger partial charge in [0.25, 0.3) is 5.69 Å². The van der Waals surface area contributed by atoms with E-state index in [9.17, 15) is 18.5 Å². The summed E-state index contributed by atoms with van der Waals surface area (Å²) in [6.45, 7) is -0.0474. The summed E-state index contributed by atoms with van der Waals surface area (Å²) in [6.07, 6.45) is 0. The number of nitro groups is 1. The van der Waals surface area contributed by atoms with Crippen LogP contribution in [0.4, 0.5) is 5.69 Å². The van der Waals surface area contributed by atoms with Crippen molar-refractivity contribution in [3.8, 4) is 23.3 Å². The highest BCUT2D eigenvalue weighted by molar-refractivity contribution is 7.89. The summed E-state index contributed by atoms with van der Waals surface area (Å²) in [6, 6.07) is 11.7. The van der Waals surface area contributed by atoms with Crippen LogP contribution in [0.3, 0.4) is 0 Å². The molecule has 26 heavy (non-hydrogen) atoms. The van der Waals surface area contributed by atoms with E-state index in [-0.39, 0.29) is 23.7 Å². The summed E-state index contributed by atoms with van der Waals surface area (Å²) in [7, 11) is -2.26. The van der Waals surface area contributed by atoms with Crippen molar-refractivity contribution >= 4 is 15.7 Å². The number of para-hydroxylation sites is 2. The maximum Gasteiger partial charge on any atom is 0.269 e. The van der Waals surface area contributed by atoms with E-state index in [1.165, 1.54) is 19.2 Å². The van der Waals surface area contributed by atoms with Crippen molar-refractivity contribution in [2.24, 2.45) is 0 Å². The largest absolute Gasteiger partial charge is 0.493 e. The van der Waals surface area contributed by atoms with Gasteiger partial charge in [0.15, 0.2) is 11.5 Å². The monoisotopic (exact) mass is 376 g/mol. The lowest BCUT2D eigenvalue weighted by atomic mass is 10.3. The fraction of sp³-hybridized carbons (Fsp3) is 0.176. The Morgan fingerprint density at radius 1 is 1.08 bits per heavy atom. The van der Waals surface area contributed by atoms with Crippen LogP contribution < -0.4 is 14.2 Å². The van der Waals surface area contributed by atoms with Gasteiger partial charge in [-0.1, -0.05) is 24.0 Å². The van der Waals surface area contributed by atoms with Crippen molar-refractivity contribution < 1.29 is 22.8 Å². The van der Waals surface area contributed by atoms with Gasteiger partial charge < -0.3 is 9.47 Å². The van der Waals surface area contributed by atoms with E-state index in [0.29, 0.717) is 11.5 Å². The first-order chi connectivity index (χ1) is 12.4. The summed E-state index contributed by atoms with van der Waals surface area (Å²) in [5, 5.41) is 10.6. The molecule has 9 heteroatoms. The molecule has 8 nitrogen and oxygen atoms in total. The lowest BCUT2D eigenvalue weighted by Crippen LogP contribution is -2.24. The highest BCUT2D eigenvalue weighted by atomic mass is 32.2. The van der Waals surface area contributed by atoms with Crippen LogP contribution in [0.5, 0.6) is 11.5 Å². The number of methoxy groups -OCH3 is 1. The van der Waals surface area contributed by atoms with Gasteiger partial charge in [-0.2, -0.15) is 4.72 Å². The number of non-ortho nitro benzene ring substituents is 1. The second-order valence-electron chi connectivity index (χ2n) is 4.87. The Morgan fingerprint density at radius 2 is 1.73 bits per heavy atom. The molecule has 0 aliphatic heterocycles. The number of nitro benzene ring substituents is 1. The smallest absolute Gasteiger partial charge is 0.269 e. The standard InChI is InChI=1S/C17H16N2O6S/c1-24-16-6-2-3-7-17(16)25-13-5-4-12-18-26(22,23)15-10-8-14(9-11-15)19(20)21/h2-3,6-11,18H,12-13H2,1H3. The van der Waals surface area contributed by atoms with Gasteiger partial charge in [0, 0.05) is 12.1 Å². The molecule has 0 amide bonds. The predicted octanol–water partition coefficient (Wildman–Crippen LogP) is 1.96. The molecular weight excluding hydrogens is 360 g/mol. The van der Waals surface area contributed by atoms with E-state index < -0.39 is 14.9 Å². The van der Waals surface area contributed by atoms with Gasteiger partial charge in [-0.3, -0.25) is 10.1 Å². The molecule has 0 saturated carbocycles. The molecule has 0 unspecified atom stereocenters. The number of ether oxygens (including phenoxy) is 2. The van der Waals surface area contributed by atoms with Gasteiger partial charge in [0.1, 0.15) is 6.61 Å². The van der Waals surface area contributed by atoms with E-state index in [2.05, 4.69) is 16.6 Å². The van der Waals surface area contributed by atoms with E-state index in [1.807, 2.05) is 6.07 Å². The molecule has 136 valence electrons. The highest BCUT2D eigenvalue weighted by Gasteiger charge is 2.14. The Hall–Kier alpha value is -3.09. The van der Waals surface area contributed by atoms with Gasteiger partial charge >= 0.3 is 0 Å². The third-order valence-corrected chi connectivity index (χ3v) is 4.62. The molecule has 0 aromatic heterocycles.